The Labute approximate surface area is 161 Å². The fourth-order valence-electron chi connectivity index (χ4n) is 3.21. The molecule has 4 rings (SSSR count). The Balaban J connectivity index is 1.75. The SMILES string of the molecule is Cc1cccc2sc(N(CC3CCCO3)C(=O)c3ccccc3Cl)nc12. The fourth-order valence-corrected chi connectivity index (χ4v) is 4.48. The third-order valence-corrected chi connectivity index (χ3v) is 5.97. The molecule has 3 aromatic rings. The number of anilines is 1. The number of carbonyl (C=O) groups excluding carboxylic acids is 1. The zero-order valence-corrected chi connectivity index (χ0v) is 16.0. The third kappa shape index (κ3) is 3.34. The quantitative estimate of drug-likeness (QED) is 0.627. The molecule has 1 unspecified atom stereocenters. The van der Waals surface area contributed by atoms with Crippen molar-refractivity contribution >= 4 is 44.2 Å². The summed E-state index contributed by atoms with van der Waals surface area (Å²) < 4.78 is 6.84. The van der Waals surface area contributed by atoms with Gasteiger partial charge in [0, 0.05) is 6.61 Å². The molecule has 1 aliphatic heterocycles. The molecule has 0 bridgehead atoms. The molecule has 0 saturated carbocycles. The van der Waals surface area contributed by atoms with Crippen LogP contribution in [0.3, 0.4) is 0 Å². The summed E-state index contributed by atoms with van der Waals surface area (Å²) in [5.74, 6) is -0.136. The van der Waals surface area contributed by atoms with Crippen molar-refractivity contribution in [3.8, 4) is 0 Å². The highest BCUT2D eigenvalue weighted by atomic mass is 35.5. The number of fused-ring (bicyclic) bond motifs is 1. The summed E-state index contributed by atoms with van der Waals surface area (Å²) in [5.41, 5.74) is 2.53. The van der Waals surface area contributed by atoms with Crippen molar-refractivity contribution in [3.05, 3.63) is 58.6 Å². The van der Waals surface area contributed by atoms with E-state index in [1.165, 1.54) is 11.3 Å². The van der Waals surface area contributed by atoms with Crippen molar-refractivity contribution in [1.29, 1.82) is 0 Å². The predicted octanol–water partition coefficient (Wildman–Crippen LogP) is 5.08. The first-order valence-electron chi connectivity index (χ1n) is 8.67. The van der Waals surface area contributed by atoms with E-state index in [2.05, 4.69) is 0 Å². The normalized spacial score (nSPS) is 16.9. The van der Waals surface area contributed by atoms with Crippen molar-refractivity contribution < 1.29 is 9.53 Å². The van der Waals surface area contributed by atoms with Crippen LogP contribution < -0.4 is 4.90 Å². The number of carbonyl (C=O) groups is 1. The summed E-state index contributed by atoms with van der Waals surface area (Å²) in [7, 11) is 0. The molecule has 1 saturated heterocycles. The van der Waals surface area contributed by atoms with E-state index >= 15 is 0 Å². The molecule has 1 atom stereocenters. The minimum Gasteiger partial charge on any atom is -0.376 e. The van der Waals surface area contributed by atoms with Crippen molar-refractivity contribution in [2.45, 2.75) is 25.9 Å². The summed E-state index contributed by atoms with van der Waals surface area (Å²) in [6.07, 6.45) is 2.02. The number of ether oxygens (including phenoxy) is 1. The number of halogens is 1. The van der Waals surface area contributed by atoms with Gasteiger partial charge in [-0.25, -0.2) is 4.98 Å². The average Bonchev–Trinajstić information content (AvgIpc) is 3.29. The Morgan fingerprint density at radius 3 is 2.88 bits per heavy atom. The van der Waals surface area contributed by atoms with Gasteiger partial charge in [-0.3, -0.25) is 9.69 Å². The lowest BCUT2D eigenvalue weighted by Gasteiger charge is -2.23. The molecule has 26 heavy (non-hydrogen) atoms. The first kappa shape index (κ1) is 17.5. The molecule has 2 heterocycles. The van der Waals surface area contributed by atoms with Gasteiger partial charge in [-0.2, -0.15) is 0 Å². The number of aryl methyl sites for hydroxylation is 1. The van der Waals surface area contributed by atoms with Gasteiger partial charge >= 0.3 is 0 Å². The standard InChI is InChI=1S/C20H19ClN2O2S/c1-13-6-4-10-17-18(13)22-20(26-17)23(12-14-7-5-11-25-14)19(24)15-8-2-3-9-16(15)21/h2-4,6,8-10,14H,5,7,11-12H2,1H3. The summed E-state index contributed by atoms with van der Waals surface area (Å²) in [4.78, 5) is 19.7. The maximum absolute atomic E-state index is 13.3. The van der Waals surface area contributed by atoms with Crippen LogP contribution in [0.1, 0.15) is 28.8 Å². The van der Waals surface area contributed by atoms with Gasteiger partial charge < -0.3 is 4.74 Å². The monoisotopic (exact) mass is 386 g/mol. The van der Waals surface area contributed by atoms with Crippen molar-refractivity contribution in [3.63, 3.8) is 0 Å². The van der Waals surface area contributed by atoms with E-state index in [4.69, 9.17) is 21.3 Å². The Hall–Kier alpha value is -1.95. The van der Waals surface area contributed by atoms with Gasteiger partial charge in [-0.15, -0.1) is 0 Å². The van der Waals surface area contributed by atoms with Crippen LogP contribution in [0, 0.1) is 6.92 Å². The fraction of sp³-hybridized carbons (Fsp3) is 0.300. The van der Waals surface area contributed by atoms with E-state index in [0.717, 1.165) is 35.2 Å². The number of amides is 1. The molecule has 0 spiro atoms. The number of hydrogen-bond donors (Lipinski definition) is 0. The van der Waals surface area contributed by atoms with E-state index in [1.54, 1.807) is 17.0 Å². The molecule has 6 heteroatoms. The Morgan fingerprint density at radius 1 is 1.31 bits per heavy atom. The molecule has 2 aromatic carbocycles. The topological polar surface area (TPSA) is 42.4 Å². The van der Waals surface area contributed by atoms with Gasteiger partial charge in [0.1, 0.15) is 0 Å². The lowest BCUT2D eigenvalue weighted by atomic mass is 10.1. The van der Waals surface area contributed by atoms with Crippen LogP contribution in [-0.4, -0.2) is 30.1 Å². The van der Waals surface area contributed by atoms with Crippen LogP contribution in [0.2, 0.25) is 5.02 Å². The van der Waals surface area contributed by atoms with Crippen molar-refractivity contribution in [2.24, 2.45) is 0 Å². The van der Waals surface area contributed by atoms with Crippen molar-refractivity contribution in [2.75, 3.05) is 18.1 Å². The third-order valence-electron chi connectivity index (χ3n) is 4.60. The minimum absolute atomic E-state index is 0.0366. The average molecular weight is 387 g/mol. The summed E-state index contributed by atoms with van der Waals surface area (Å²) in [5, 5.41) is 1.14. The zero-order chi connectivity index (χ0) is 18.1. The Bertz CT molecular complexity index is 950. The van der Waals surface area contributed by atoms with E-state index in [-0.39, 0.29) is 12.0 Å². The second kappa shape index (κ2) is 7.35. The lowest BCUT2D eigenvalue weighted by molar-refractivity contribution is 0.0917. The molecule has 0 N–H and O–H groups in total. The maximum Gasteiger partial charge on any atom is 0.261 e. The molecule has 4 nitrogen and oxygen atoms in total. The molecule has 134 valence electrons. The van der Waals surface area contributed by atoms with Gasteiger partial charge in [-0.1, -0.05) is 47.2 Å². The smallest absolute Gasteiger partial charge is 0.261 e. The number of thiazole rings is 1. The number of hydrogen-bond acceptors (Lipinski definition) is 4. The Morgan fingerprint density at radius 2 is 2.15 bits per heavy atom. The predicted molar refractivity (Wildman–Crippen MR) is 106 cm³/mol. The van der Waals surface area contributed by atoms with Gasteiger partial charge in [0.2, 0.25) is 0 Å². The largest absolute Gasteiger partial charge is 0.376 e. The van der Waals surface area contributed by atoms with E-state index in [1.807, 2.05) is 37.3 Å². The van der Waals surface area contributed by atoms with E-state index < -0.39 is 0 Å². The van der Waals surface area contributed by atoms with Crippen LogP contribution in [0.4, 0.5) is 5.13 Å². The summed E-state index contributed by atoms with van der Waals surface area (Å²) >= 11 is 7.80. The summed E-state index contributed by atoms with van der Waals surface area (Å²) in [6.45, 7) is 3.27. The molecular weight excluding hydrogens is 368 g/mol. The summed E-state index contributed by atoms with van der Waals surface area (Å²) in [6, 6.07) is 13.2. The van der Waals surface area contributed by atoms with Crippen LogP contribution in [0.15, 0.2) is 42.5 Å². The highest BCUT2D eigenvalue weighted by molar-refractivity contribution is 7.22. The second-order valence-electron chi connectivity index (χ2n) is 6.45. The first-order valence-corrected chi connectivity index (χ1v) is 9.87. The second-order valence-corrected chi connectivity index (χ2v) is 7.87. The molecule has 1 amide bonds. The van der Waals surface area contributed by atoms with Crippen LogP contribution in [-0.2, 0) is 4.74 Å². The first-order chi connectivity index (χ1) is 12.6. The number of para-hydroxylation sites is 1. The van der Waals surface area contributed by atoms with Gasteiger partial charge in [0.05, 0.1) is 33.5 Å². The minimum atomic E-state index is -0.136. The molecule has 0 aliphatic carbocycles. The molecule has 1 aromatic heterocycles. The number of aromatic nitrogens is 1. The number of nitrogens with zero attached hydrogens (tertiary/aromatic N) is 2. The number of benzene rings is 2. The lowest BCUT2D eigenvalue weighted by Crippen LogP contribution is -2.37. The van der Waals surface area contributed by atoms with Gasteiger partial charge in [-0.05, 0) is 43.5 Å². The van der Waals surface area contributed by atoms with Crippen LogP contribution in [0.25, 0.3) is 10.2 Å². The Kier molecular flexibility index (Phi) is 4.94. The molecular formula is C20H19ClN2O2S. The van der Waals surface area contributed by atoms with Gasteiger partial charge in [0.15, 0.2) is 5.13 Å². The van der Waals surface area contributed by atoms with E-state index in [0.29, 0.717) is 22.3 Å². The molecule has 0 radical (unpaired) electrons. The van der Waals surface area contributed by atoms with Crippen LogP contribution in [0.5, 0.6) is 0 Å². The molecule has 1 aliphatic rings. The highest BCUT2D eigenvalue weighted by Gasteiger charge is 2.28. The van der Waals surface area contributed by atoms with E-state index in [9.17, 15) is 4.79 Å². The van der Waals surface area contributed by atoms with Crippen molar-refractivity contribution in [1.82, 2.24) is 4.98 Å². The van der Waals surface area contributed by atoms with Crippen LogP contribution >= 0.6 is 22.9 Å². The molecule has 1 fully saturated rings. The number of rotatable bonds is 4. The van der Waals surface area contributed by atoms with Gasteiger partial charge in [0.25, 0.3) is 5.91 Å². The highest BCUT2D eigenvalue weighted by Crippen LogP contribution is 2.33. The maximum atomic E-state index is 13.3. The zero-order valence-electron chi connectivity index (χ0n) is 14.4.